The predicted octanol–water partition coefficient (Wildman–Crippen LogP) is 2.30. The number of para-hydroxylation sites is 1. The summed E-state index contributed by atoms with van der Waals surface area (Å²) in [4.78, 5) is 0. The van der Waals surface area contributed by atoms with Gasteiger partial charge in [-0.15, -0.1) is 0 Å². The van der Waals surface area contributed by atoms with E-state index in [9.17, 15) is 4.39 Å². The molecular formula is C13H16FNO. The van der Waals surface area contributed by atoms with E-state index in [1.807, 2.05) is 18.2 Å². The first-order chi connectivity index (χ1) is 7.69. The molecule has 0 spiro atoms. The monoisotopic (exact) mass is 221 g/mol. The van der Waals surface area contributed by atoms with Gasteiger partial charge < -0.3 is 10.5 Å². The van der Waals surface area contributed by atoms with Gasteiger partial charge in [0, 0.05) is 24.4 Å². The topological polar surface area (TPSA) is 35.2 Å². The Bertz CT molecular complexity index is 412. The van der Waals surface area contributed by atoms with E-state index in [0.717, 1.165) is 24.2 Å². The molecule has 0 atom stereocenters. The zero-order chi connectivity index (χ0) is 11.2. The van der Waals surface area contributed by atoms with Gasteiger partial charge in [-0.25, -0.2) is 4.39 Å². The molecular weight excluding hydrogens is 205 g/mol. The summed E-state index contributed by atoms with van der Waals surface area (Å²) in [5.74, 6) is 0.781. The second-order valence-electron chi connectivity index (χ2n) is 4.88. The standard InChI is InChI=1S/C13H16FNO/c14-13(7-10(15)8-13)11-5-1-3-9-4-2-6-16-12(9)11/h1,3,5,10H,2,4,6-8,15H2. The largest absolute Gasteiger partial charge is 0.493 e. The van der Waals surface area contributed by atoms with Crippen LogP contribution in [0.15, 0.2) is 18.2 Å². The van der Waals surface area contributed by atoms with Crippen LogP contribution in [0.1, 0.15) is 30.4 Å². The number of ether oxygens (including phenoxy) is 1. The minimum absolute atomic E-state index is 0.00412. The van der Waals surface area contributed by atoms with Crippen molar-refractivity contribution < 1.29 is 9.13 Å². The lowest BCUT2D eigenvalue weighted by Crippen LogP contribution is -2.46. The van der Waals surface area contributed by atoms with E-state index in [1.54, 1.807) is 0 Å². The summed E-state index contributed by atoms with van der Waals surface area (Å²) in [6.45, 7) is 0.701. The van der Waals surface area contributed by atoms with Crippen molar-refractivity contribution in [1.29, 1.82) is 0 Å². The first kappa shape index (κ1) is 10.1. The molecule has 1 fully saturated rings. The summed E-state index contributed by atoms with van der Waals surface area (Å²) in [5, 5.41) is 0. The van der Waals surface area contributed by atoms with Crippen molar-refractivity contribution in [3.63, 3.8) is 0 Å². The summed E-state index contributed by atoms with van der Waals surface area (Å²) >= 11 is 0. The molecule has 2 aliphatic rings. The summed E-state index contributed by atoms with van der Waals surface area (Å²) in [6, 6.07) is 5.80. The molecule has 1 aromatic rings. The molecule has 3 heteroatoms. The van der Waals surface area contributed by atoms with Gasteiger partial charge in [-0.1, -0.05) is 18.2 Å². The number of alkyl halides is 1. The lowest BCUT2D eigenvalue weighted by molar-refractivity contribution is 0.0367. The van der Waals surface area contributed by atoms with Gasteiger partial charge in [-0.3, -0.25) is 0 Å². The van der Waals surface area contributed by atoms with Gasteiger partial charge in [0.05, 0.1) is 6.61 Å². The van der Waals surface area contributed by atoms with Gasteiger partial charge in [0.2, 0.25) is 0 Å². The van der Waals surface area contributed by atoms with E-state index in [0.29, 0.717) is 25.0 Å². The molecule has 1 aliphatic heterocycles. The molecule has 0 saturated heterocycles. The van der Waals surface area contributed by atoms with Gasteiger partial charge in [-0.2, -0.15) is 0 Å². The smallest absolute Gasteiger partial charge is 0.142 e. The molecule has 0 bridgehead atoms. The molecule has 2 nitrogen and oxygen atoms in total. The van der Waals surface area contributed by atoms with E-state index >= 15 is 0 Å². The highest BCUT2D eigenvalue weighted by Gasteiger charge is 2.46. The predicted molar refractivity (Wildman–Crippen MR) is 60.3 cm³/mol. The third-order valence-electron chi connectivity index (χ3n) is 3.59. The average molecular weight is 221 g/mol. The highest BCUT2D eigenvalue weighted by Crippen LogP contribution is 2.49. The molecule has 1 aliphatic carbocycles. The van der Waals surface area contributed by atoms with Crippen molar-refractivity contribution in [1.82, 2.24) is 0 Å². The number of rotatable bonds is 1. The lowest BCUT2D eigenvalue weighted by Gasteiger charge is -2.41. The highest BCUT2D eigenvalue weighted by molar-refractivity contribution is 5.47. The maximum atomic E-state index is 14.5. The van der Waals surface area contributed by atoms with E-state index < -0.39 is 5.67 Å². The second kappa shape index (κ2) is 3.45. The molecule has 0 amide bonds. The fourth-order valence-corrected chi connectivity index (χ4v) is 2.73. The Balaban J connectivity index is 2.01. The van der Waals surface area contributed by atoms with Crippen LogP contribution in [0.2, 0.25) is 0 Å². The summed E-state index contributed by atoms with van der Waals surface area (Å²) in [5.41, 5.74) is 6.29. The zero-order valence-electron chi connectivity index (χ0n) is 9.21. The van der Waals surface area contributed by atoms with Gasteiger partial charge in [0.25, 0.3) is 0 Å². The van der Waals surface area contributed by atoms with E-state index in [-0.39, 0.29) is 6.04 Å². The molecule has 16 heavy (non-hydrogen) atoms. The second-order valence-corrected chi connectivity index (χ2v) is 4.88. The fourth-order valence-electron chi connectivity index (χ4n) is 2.73. The van der Waals surface area contributed by atoms with Crippen molar-refractivity contribution in [2.24, 2.45) is 5.73 Å². The maximum absolute atomic E-state index is 14.5. The number of hydrogen-bond acceptors (Lipinski definition) is 2. The Morgan fingerprint density at radius 1 is 1.38 bits per heavy atom. The van der Waals surface area contributed by atoms with E-state index in [2.05, 4.69) is 0 Å². The summed E-state index contributed by atoms with van der Waals surface area (Å²) in [7, 11) is 0. The Labute approximate surface area is 94.6 Å². The first-order valence-corrected chi connectivity index (χ1v) is 5.89. The first-order valence-electron chi connectivity index (χ1n) is 5.89. The van der Waals surface area contributed by atoms with Crippen LogP contribution >= 0.6 is 0 Å². The molecule has 0 aromatic heterocycles. The number of fused-ring (bicyclic) bond motifs is 1. The highest BCUT2D eigenvalue weighted by atomic mass is 19.1. The molecule has 3 rings (SSSR count). The Morgan fingerprint density at radius 2 is 2.19 bits per heavy atom. The number of benzene rings is 1. The lowest BCUT2D eigenvalue weighted by atomic mass is 9.72. The van der Waals surface area contributed by atoms with Crippen LogP contribution in [0.25, 0.3) is 0 Å². The van der Waals surface area contributed by atoms with Crippen LogP contribution in [-0.2, 0) is 12.1 Å². The molecule has 86 valence electrons. The minimum atomic E-state index is -1.25. The minimum Gasteiger partial charge on any atom is -0.493 e. The van der Waals surface area contributed by atoms with Crippen molar-refractivity contribution in [2.75, 3.05) is 6.61 Å². The average Bonchev–Trinajstić information content (AvgIpc) is 2.26. The molecule has 1 saturated carbocycles. The van der Waals surface area contributed by atoms with Crippen molar-refractivity contribution in [3.8, 4) is 5.75 Å². The zero-order valence-corrected chi connectivity index (χ0v) is 9.21. The fraction of sp³-hybridized carbons (Fsp3) is 0.538. The third-order valence-corrected chi connectivity index (χ3v) is 3.59. The van der Waals surface area contributed by atoms with E-state index in [4.69, 9.17) is 10.5 Å². The Morgan fingerprint density at radius 3 is 2.94 bits per heavy atom. The Hall–Kier alpha value is -1.09. The number of nitrogens with two attached hydrogens (primary N) is 1. The number of hydrogen-bond donors (Lipinski definition) is 1. The Kier molecular flexibility index (Phi) is 2.18. The van der Waals surface area contributed by atoms with Crippen molar-refractivity contribution in [2.45, 2.75) is 37.4 Å². The molecule has 1 aromatic carbocycles. The van der Waals surface area contributed by atoms with Crippen LogP contribution in [0.3, 0.4) is 0 Å². The quantitative estimate of drug-likeness (QED) is 0.789. The third kappa shape index (κ3) is 1.42. The van der Waals surface area contributed by atoms with Crippen molar-refractivity contribution >= 4 is 0 Å². The van der Waals surface area contributed by atoms with Gasteiger partial charge in [0.1, 0.15) is 11.4 Å². The molecule has 0 unspecified atom stereocenters. The van der Waals surface area contributed by atoms with Crippen molar-refractivity contribution in [3.05, 3.63) is 29.3 Å². The normalized spacial score (nSPS) is 32.5. The van der Waals surface area contributed by atoms with Crippen LogP contribution in [0.5, 0.6) is 5.75 Å². The number of aryl methyl sites for hydroxylation is 1. The van der Waals surface area contributed by atoms with Crippen LogP contribution in [0.4, 0.5) is 4.39 Å². The molecule has 0 radical (unpaired) electrons. The maximum Gasteiger partial charge on any atom is 0.142 e. The van der Waals surface area contributed by atoms with Crippen LogP contribution < -0.4 is 10.5 Å². The SMILES string of the molecule is NC1CC(F)(c2cccc3c2OCCC3)C1. The molecule has 1 heterocycles. The molecule has 2 N–H and O–H groups in total. The van der Waals surface area contributed by atoms with E-state index in [1.165, 1.54) is 0 Å². The van der Waals surface area contributed by atoms with Gasteiger partial charge >= 0.3 is 0 Å². The number of halogens is 1. The summed E-state index contributed by atoms with van der Waals surface area (Å²) in [6.07, 6.45) is 2.86. The van der Waals surface area contributed by atoms with Crippen LogP contribution in [-0.4, -0.2) is 12.6 Å². The van der Waals surface area contributed by atoms with Crippen LogP contribution in [0, 0.1) is 0 Å². The summed E-state index contributed by atoms with van der Waals surface area (Å²) < 4.78 is 20.1. The van der Waals surface area contributed by atoms with Gasteiger partial charge in [-0.05, 0) is 18.4 Å². The van der Waals surface area contributed by atoms with Gasteiger partial charge in [0.15, 0.2) is 0 Å².